The Hall–Kier alpha value is -0.290. The van der Waals surface area contributed by atoms with Gasteiger partial charge in [0.15, 0.2) is 0 Å². The maximum Gasteiger partial charge on any atom is 0.394 e. The van der Waals surface area contributed by atoms with E-state index < -0.39 is 18.1 Å². The summed E-state index contributed by atoms with van der Waals surface area (Å²) in [6.07, 6.45) is -4.14. The molecule has 1 saturated heterocycles. The van der Waals surface area contributed by atoms with E-state index in [1.807, 2.05) is 0 Å². The van der Waals surface area contributed by atoms with Gasteiger partial charge in [-0.25, -0.2) is 0 Å². The van der Waals surface area contributed by atoms with Gasteiger partial charge in [-0.2, -0.15) is 13.2 Å². The van der Waals surface area contributed by atoms with E-state index in [-0.39, 0.29) is 13.1 Å². The van der Waals surface area contributed by atoms with Crippen LogP contribution in [-0.4, -0.2) is 25.3 Å². The minimum Gasteiger partial charge on any atom is -0.326 e. The smallest absolute Gasteiger partial charge is 0.326 e. The summed E-state index contributed by atoms with van der Waals surface area (Å²) in [7, 11) is 0. The lowest BCUT2D eigenvalue weighted by Gasteiger charge is -2.17. The predicted octanol–water partition coefficient (Wildman–Crippen LogP) is 0.0954. The molecule has 0 unspecified atom stereocenters. The van der Waals surface area contributed by atoms with Crippen molar-refractivity contribution >= 4 is 0 Å². The van der Waals surface area contributed by atoms with Gasteiger partial charge in [-0.1, -0.05) is 0 Å². The van der Waals surface area contributed by atoms with Crippen LogP contribution >= 0.6 is 0 Å². The molecule has 0 aromatic rings. The van der Waals surface area contributed by atoms with E-state index in [4.69, 9.17) is 5.73 Å². The average molecular weight is 154 g/mol. The first-order valence-corrected chi connectivity index (χ1v) is 3.05. The molecule has 0 saturated carbocycles. The van der Waals surface area contributed by atoms with Gasteiger partial charge < -0.3 is 11.1 Å². The summed E-state index contributed by atoms with van der Waals surface area (Å²) in [5, 5.41) is 2.58. The van der Waals surface area contributed by atoms with Crippen LogP contribution in [0, 0.1) is 5.92 Å². The first-order chi connectivity index (χ1) is 4.52. The van der Waals surface area contributed by atoms with Crippen molar-refractivity contribution in [2.45, 2.75) is 12.2 Å². The normalized spacial score (nSPS) is 34.8. The minimum atomic E-state index is -4.14. The molecule has 10 heavy (non-hydrogen) atoms. The average Bonchev–Trinajstić information content (AvgIpc) is 2.11. The summed E-state index contributed by atoms with van der Waals surface area (Å²) >= 11 is 0. The standard InChI is InChI=1S/C5H9F3N2/c6-5(7,8)3-1-10-2-4(3)9/h3-4,10H,1-2,9H2/t3-,4-/m0/s1. The molecule has 5 heteroatoms. The molecule has 0 aromatic carbocycles. The highest BCUT2D eigenvalue weighted by Crippen LogP contribution is 2.29. The van der Waals surface area contributed by atoms with Crippen LogP contribution in [0.5, 0.6) is 0 Å². The van der Waals surface area contributed by atoms with E-state index in [9.17, 15) is 13.2 Å². The lowest BCUT2D eigenvalue weighted by atomic mass is 10.1. The second kappa shape index (κ2) is 2.39. The minimum absolute atomic E-state index is 0.0370. The van der Waals surface area contributed by atoms with Crippen molar-refractivity contribution in [2.24, 2.45) is 11.7 Å². The number of hydrogen-bond acceptors (Lipinski definition) is 2. The Bertz CT molecular complexity index is 123. The van der Waals surface area contributed by atoms with Crippen molar-refractivity contribution in [1.82, 2.24) is 5.32 Å². The van der Waals surface area contributed by atoms with Gasteiger partial charge in [-0.15, -0.1) is 0 Å². The first kappa shape index (κ1) is 7.81. The van der Waals surface area contributed by atoms with Gasteiger partial charge in [-0.3, -0.25) is 0 Å². The molecule has 1 aliphatic heterocycles. The summed E-state index contributed by atoms with van der Waals surface area (Å²) in [6.45, 7) is 0.231. The van der Waals surface area contributed by atoms with Crippen molar-refractivity contribution in [3.63, 3.8) is 0 Å². The molecular weight excluding hydrogens is 145 g/mol. The highest BCUT2D eigenvalue weighted by molar-refractivity contribution is 4.88. The fraction of sp³-hybridized carbons (Fsp3) is 1.00. The molecule has 3 N–H and O–H groups in total. The third kappa shape index (κ3) is 1.41. The summed E-state index contributed by atoms with van der Waals surface area (Å²) in [4.78, 5) is 0. The number of hydrogen-bond donors (Lipinski definition) is 2. The van der Waals surface area contributed by atoms with Gasteiger partial charge in [0.25, 0.3) is 0 Å². The molecule has 0 aromatic heterocycles. The van der Waals surface area contributed by atoms with Gasteiger partial charge >= 0.3 is 6.18 Å². The highest BCUT2D eigenvalue weighted by Gasteiger charge is 2.45. The van der Waals surface area contributed by atoms with Gasteiger partial charge in [-0.05, 0) is 0 Å². The van der Waals surface area contributed by atoms with Crippen molar-refractivity contribution in [1.29, 1.82) is 0 Å². The Morgan fingerprint density at radius 1 is 1.30 bits per heavy atom. The van der Waals surface area contributed by atoms with Crippen LogP contribution in [0.1, 0.15) is 0 Å². The van der Waals surface area contributed by atoms with Crippen molar-refractivity contribution in [3.05, 3.63) is 0 Å². The van der Waals surface area contributed by atoms with E-state index in [0.717, 1.165) is 0 Å². The fourth-order valence-corrected chi connectivity index (χ4v) is 1.06. The predicted molar refractivity (Wildman–Crippen MR) is 30.4 cm³/mol. The number of nitrogens with one attached hydrogen (secondary N) is 1. The quantitative estimate of drug-likeness (QED) is 0.519. The molecule has 2 nitrogen and oxygen atoms in total. The SMILES string of the molecule is N[C@H]1CNC[C@@H]1C(F)(F)F. The van der Waals surface area contributed by atoms with Gasteiger partial charge in [0.05, 0.1) is 5.92 Å². The van der Waals surface area contributed by atoms with E-state index in [2.05, 4.69) is 5.32 Å². The number of nitrogens with two attached hydrogens (primary N) is 1. The van der Waals surface area contributed by atoms with Crippen molar-refractivity contribution in [3.8, 4) is 0 Å². The van der Waals surface area contributed by atoms with Crippen molar-refractivity contribution < 1.29 is 13.2 Å². The lowest BCUT2D eigenvalue weighted by molar-refractivity contribution is -0.171. The largest absolute Gasteiger partial charge is 0.394 e. The van der Waals surface area contributed by atoms with Gasteiger partial charge in [0.1, 0.15) is 0 Å². The molecule has 2 atom stereocenters. The van der Waals surface area contributed by atoms with E-state index in [0.29, 0.717) is 0 Å². The van der Waals surface area contributed by atoms with Crippen molar-refractivity contribution in [2.75, 3.05) is 13.1 Å². The Kier molecular flexibility index (Phi) is 1.87. The second-order valence-electron chi connectivity index (χ2n) is 2.47. The molecule has 0 amide bonds. The van der Waals surface area contributed by atoms with Crippen LogP contribution in [0.3, 0.4) is 0 Å². The zero-order chi connectivity index (χ0) is 7.78. The number of rotatable bonds is 0. The van der Waals surface area contributed by atoms with E-state index in [1.165, 1.54) is 0 Å². The molecule has 1 aliphatic rings. The Balaban J connectivity index is 2.55. The van der Waals surface area contributed by atoms with Crippen LogP contribution in [0.2, 0.25) is 0 Å². The molecule has 60 valence electrons. The maximum atomic E-state index is 11.9. The summed E-state index contributed by atoms with van der Waals surface area (Å²) < 4.78 is 35.7. The monoisotopic (exact) mass is 154 g/mol. The highest BCUT2D eigenvalue weighted by atomic mass is 19.4. The third-order valence-corrected chi connectivity index (χ3v) is 1.68. The molecule has 0 bridgehead atoms. The van der Waals surface area contributed by atoms with Crippen LogP contribution in [0.4, 0.5) is 13.2 Å². The molecule has 1 heterocycles. The zero-order valence-electron chi connectivity index (χ0n) is 5.28. The second-order valence-corrected chi connectivity index (χ2v) is 2.47. The lowest BCUT2D eigenvalue weighted by Crippen LogP contribution is -2.38. The topological polar surface area (TPSA) is 38.0 Å². The summed E-state index contributed by atoms with van der Waals surface area (Å²) in [5.41, 5.74) is 5.18. The Morgan fingerprint density at radius 3 is 2.10 bits per heavy atom. The Morgan fingerprint density at radius 2 is 1.90 bits per heavy atom. The first-order valence-electron chi connectivity index (χ1n) is 3.05. The molecular formula is C5H9F3N2. The van der Waals surface area contributed by atoms with E-state index >= 15 is 0 Å². The molecule has 1 fully saturated rings. The number of alkyl halides is 3. The van der Waals surface area contributed by atoms with Gasteiger partial charge in [0.2, 0.25) is 0 Å². The molecule has 0 aliphatic carbocycles. The molecule has 1 rings (SSSR count). The fourth-order valence-electron chi connectivity index (χ4n) is 1.06. The number of halogens is 3. The van der Waals surface area contributed by atoms with Crippen LogP contribution < -0.4 is 11.1 Å². The Labute approximate surface area is 56.6 Å². The van der Waals surface area contributed by atoms with Crippen LogP contribution in [-0.2, 0) is 0 Å². The third-order valence-electron chi connectivity index (χ3n) is 1.68. The van der Waals surface area contributed by atoms with Crippen LogP contribution in [0.25, 0.3) is 0 Å². The van der Waals surface area contributed by atoms with Crippen LogP contribution in [0.15, 0.2) is 0 Å². The summed E-state index contributed by atoms with van der Waals surface area (Å²) in [6, 6.07) is -0.764. The molecule has 0 spiro atoms. The summed E-state index contributed by atoms with van der Waals surface area (Å²) in [5.74, 6) is -1.35. The molecule has 0 radical (unpaired) electrons. The zero-order valence-corrected chi connectivity index (χ0v) is 5.28. The van der Waals surface area contributed by atoms with Gasteiger partial charge in [0, 0.05) is 19.1 Å². The maximum absolute atomic E-state index is 11.9. The van der Waals surface area contributed by atoms with E-state index in [1.54, 1.807) is 0 Å².